The number of para-hydroxylation sites is 1. The summed E-state index contributed by atoms with van der Waals surface area (Å²) in [7, 11) is -7.80. The number of piperidine rings is 1. The van der Waals surface area contributed by atoms with Gasteiger partial charge in [-0.15, -0.1) is 0 Å². The third kappa shape index (κ3) is 6.54. The Labute approximate surface area is 308 Å². The lowest BCUT2D eigenvalue weighted by Gasteiger charge is -2.47. The quantitative estimate of drug-likeness (QED) is 0.166. The van der Waals surface area contributed by atoms with Crippen molar-refractivity contribution in [1.29, 1.82) is 0 Å². The van der Waals surface area contributed by atoms with Crippen LogP contribution in [0.15, 0.2) is 111 Å². The fraction of sp³-hybridized carbons (Fsp3) is 0.325. The van der Waals surface area contributed by atoms with E-state index in [-0.39, 0.29) is 53.1 Å². The van der Waals surface area contributed by atoms with E-state index in [1.54, 1.807) is 24.3 Å². The molecule has 1 aromatic heterocycles. The lowest BCUT2D eigenvalue weighted by Crippen LogP contribution is -2.50. The standard InChI is InChI=1S/C40H40N2O9S2/c1-25(2)32-19-28-23-42(52(45,46)29-12-14-38-33(20-29)31-9-5-6-10-37(31)50-38)18-16-35(28)51-40(32)34-21-30(11-13-36(34)49-24-39(43)44)53(47,48)41-17-15-26-7-3-4-8-27(26)22-41/h3-14,20-21,28,32,35,40H,1,15-19,22-24H2,2H3,(H,43,44)/t28-,32-,35+,40+/m1/s1. The number of sulfonamides is 2. The van der Waals surface area contributed by atoms with Crippen LogP contribution in [0.4, 0.5) is 0 Å². The van der Waals surface area contributed by atoms with E-state index >= 15 is 0 Å². The van der Waals surface area contributed by atoms with Crippen LogP contribution < -0.4 is 4.74 Å². The molecule has 8 rings (SSSR count). The van der Waals surface area contributed by atoms with E-state index in [0.717, 1.165) is 27.5 Å². The predicted molar refractivity (Wildman–Crippen MR) is 198 cm³/mol. The molecule has 13 heteroatoms. The van der Waals surface area contributed by atoms with Crippen molar-refractivity contribution in [2.24, 2.45) is 11.8 Å². The molecule has 53 heavy (non-hydrogen) atoms. The molecule has 4 heterocycles. The van der Waals surface area contributed by atoms with Crippen LogP contribution in [0.25, 0.3) is 21.9 Å². The topological polar surface area (TPSA) is 144 Å². The van der Waals surface area contributed by atoms with Gasteiger partial charge in [0.1, 0.15) is 16.9 Å². The summed E-state index contributed by atoms with van der Waals surface area (Å²) in [5.74, 6) is -1.46. The van der Waals surface area contributed by atoms with E-state index in [0.29, 0.717) is 42.5 Å². The van der Waals surface area contributed by atoms with Crippen LogP contribution in [0, 0.1) is 11.8 Å². The van der Waals surface area contributed by atoms with Gasteiger partial charge in [-0.1, -0.05) is 54.6 Å². The minimum atomic E-state index is -3.94. The van der Waals surface area contributed by atoms with E-state index in [2.05, 4.69) is 6.58 Å². The van der Waals surface area contributed by atoms with Crippen LogP contribution in [0.3, 0.4) is 0 Å². The van der Waals surface area contributed by atoms with Crippen LogP contribution in [0.2, 0.25) is 0 Å². The Bertz CT molecular complexity index is 2480. The number of carbonyl (C=O) groups is 1. The molecular weight excluding hydrogens is 717 g/mol. The van der Waals surface area contributed by atoms with Gasteiger partial charge < -0.3 is 19.0 Å². The number of ether oxygens (including phenoxy) is 2. The van der Waals surface area contributed by atoms with Gasteiger partial charge in [0, 0.05) is 48.4 Å². The van der Waals surface area contributed by atoms with Crippen molar-refractivity contribution in [3.8, 4) is 5.75 Å². The molecule has 4 atom stereocenters. The van der Waals surface area contributed by atoms with Gasteiger partial charge in [0.2, 0.25) is 20.0 Å². The highest BCUT2D eigenvalue weighted by atomic mass is 32.2. The molecular formula is C40H40N2O9S2. The first kappa shape index (κ1) is 35.5. The van der Waals surface area contributed by atoms with Crippen molar-refractivity contribution in [2.45, 2.75) is 54.7 Å². The molecule has 5 aromatic rings. The average molecular weight is 757 g/mol. The molecule has 0 bridgehead atoms. The van der Waals surface area contributed by atoms with Crippen molar-refractivity contribution >= 4 is 48.0 Å². The molecule has 276 valence electrons. The van der Waals surface area contributed by atoms with Crippen molar-refractivity contribution in [1.82, 2.24) is 8.61 Å². The van der Waals surface area contributed by atoms with Crippen molar-refractivity contribution in [3.63, 3.8) is 0 Å². The molecule has 2 saturated heterocycles. The van der Waals surface area contributed by atoms with Gasteiger partial charge in [0.15, 0.2) is 6.61 Å². The summed E-state index contributed by atoms with van der Waals surface area (Å²) in [6.45, 7) is 6.53. The normalized spacial score (nSPS) is 22.7. The first-order valence-corrected chi connectivity index (χ1v) is 20.6. The number of carboxylic acids is 1. The predicted octanol–water partition coefficient (Wildman–Crippen LogP) is 6.53. The lowest BCUT2D eigenvalue weighted by atomic mass is 9.76. The summed E-state index contributed by atoms with van der Waals surface area (Å²) in [4.78, 5) is 11.8. The molecule has 2 fully saturated rings. The van der Waals surface area contributed by atoms with Crippen LogP contribution in [0.1, 0.15) is 42.6 Å². The second-order valence-electron chi connectivity index (χ2n) is 14.2. The minimum absolute atomic E-state index is 0.0593. The van der Waals surface area contributed by atoms with Gasteiger partial charge in [-0.2, -0.15) is 8.61 Å². The Morgan fingerprint density at radius 3 is 2.36 bits per heavy atom. The molecule has 0 saturated carbocycles. The SMILES string of the molecule is C=C(C)[C@H]1C[C@@H]2CN(S(=O)(=O)c3ccc4oc5ccccc5c4c3)CC[C@@H]2O[C@@H]1c1cc(S(=O)(=O)N2CCc3ccccc3C2)ccc1OCC(=O)O. The van der Waals surface area contributed by atoms with Crippen LogP contribution in [-0.2, 0) is 42.5 Å². The van der Waals surface area contributed by atoms with Crippen molar-refractivity contribution in [3.05, 3.63) is 114 Å². The largest absolute Gasteiger partial charge is 0.482 e. The lowest BCUT2D eigenvalue weighted by molar-refractivity contribution is -0.139. The van der Waals surface area contributed by atoms with Gasteiger partial charge in [0.25, 0.3) is 0 Å². The van der Waals surface area contributed by atoms with E-state index in [1.165, 1.54) is 20.7 Å². The van der Waals surface area contributed by atoms with Crippen molar-refractivity contribution < 1.29 is 40.6 Å². The van der Waals surface area contributed by atoms with Gasteiger partial charge in [-0.05, 0) is 85.7 Å². The Morgan fingerprint density at radius 2 is 1.57 bits per heavy atom. The number of hydrogen-bond acceptors (Lipinski definition) is 8. The van der Waals surface area contributed by atoms with Gasteiger partial charge >= 0.3 is 5.97 Å². The van der Waals surface area contributed by atoms with E-state index in [9.17, 15) is 26.7 Å². The highest BCUT2D eigenvalue weighted by molar-refractivity contribution is 7.89. The molecule has 0 spiro atoms. The maximum absolute atomic E-state index is 14.1. The molecule has 0 unspecified atom stereocenters. The summed E-state index contributed by atoms with van der Waals surface area (Å²) in [5, 5.41) is 11.0. The zero-order valence-corrected chi connectivity index (χ0v) is 30.8. The molecule has 0 radical (unpaired) electrons. The van der Waals surface area contributed by atoms with Crippen LogP contribution in [0.5, 0.6) is 5.75 Å². The Hall–Kier alpha value is -4.53. The number of hydrogen-bond donors (Lipinski definition) is 1. The molecule has 3 aliphatic heterocycles. The van der Waals surface area contributed by atoms with Crippen molar-refractivity contribution in [2.75, 3.05) is 26.2 Å². The highest BCUT2D eigenvalue weighted by Crippen LogP contribution is 2.48. The summed E-state index contributed by atoms with van der Waals surface area (Å²) in [6.07, 6.45) is 0.496. The minimum Gasteiger partial charge on any atom is -0.482 e. The highest BCUT2D eigenvalue weighted by Gasteiger charge is 2.45. The molecule has 0 aliphatic carbocycles. The number of aliphatic carboxylic acids is 1. The van der Waals surface area contributed by atoms with Crippen LogP contribution >= 0.6 is 0 Å². The number of nitrogens with zero attached hydrogens (tertiary/aromatic N) is 2. The summed E-state index contributed by atoms with van der Waals surface area (Å²) in [5.41, 5.74) is 4.58. The first-order chi connectivity index (χ1) is 25.4. The molecule has 0 amide bonds. The molecule has 1 N–H and O–H groups in total. The third-order valence-electron chi connectivity index (χ3n) is 10.9. The Morgan fingerprint density at radius 1 is 0.868 bits per heavy atom. The van der Waals surface area contributed by atoms with Gasteiger partial charge in [-0.25, -0.2) is 21.6 Å². The van der Waals surface area contributed by atoms with Crippen LogP contribution in [-0.4, -0.2) is 68.9 Å². The molecule has 4 aromatic carbocycles. The second kappa shape index (κ2) is 13.7. The van der Waals surface area contributed by atoms with Gasteiger partial charge in [-0.3, -0.25) is 0 Å². The zero-order valence-electron chi connectivity index (χ0n) is 29.2. The Balaban J connectivity index is 1.07. The maximum Gasteiger partial charge on any atom is 0.341 e. The van der Waals surface area contributed by atoms with E-state index in [4.69, 9.17) is 13.9 Å². The fourth-order valence-electron chi connectivity index (χ4n) is 8.10. The summed E-state index contributed by atoms with van der Waals surface area (Å²) >= 11 is 0. The number of carboxylic acid groups (broad SMARTS) is 1. The monoisotopic (exact) mass is 756 g/mol. The van der Waals surface area contributed by atoms with Gasteiger partial charge in [0.05, 0.1) is 22.0 Å². The summed E-state index contributed by atoms with van der Waals surface area (Å²) < 4.78 is 77.7. The smallest absolute Gasteiger partial charge is 0.341 e. The van der Waals surface area contributed by atoms with E-state index < -0.39 is 38.7 Å². The Kier molecular flexibility index (Phi) is 9.18. The number of benzene rings is 4. The number of furan rings is 1. The number of fused-ring (bicyclic) bond motifs is 5. The zero-order chi connectivity index (χ0) is 37.1. The molecule has 11 nitrogen and oxygen atoms in total. The number of rotatable bonds is 9. The first-order valence-electron chi connectivity index (χ1n) is 17.7. The average Bonchev–Trinajstić information content (AvgIpc) is 3.54. The second-order valence-corrected chi connectivity index (χ2v) is 18.1. The fourth-order valence-corrected chi connectivity index (χ4v) is 11.1. The molecule has 3 aliphatic rings. The third-order valence-corrected chi connectivity index (χ3v) is 14.6. The summed E-state index contributed by atoms with van der Waals surface area (Å²) in [6, 6.07) is 24.8. The van der Waals surface area contributed by atoms with E-state index in [1.807, 2.05) is 55.5 Å². The maximum atomic E-state index is 14.1.